The summed E-state index contributed by atoms with van der Waals surface area (Å²) in [4.78, 5) is 11.8. The maximum atomic E-state index is 4.57. The minimum atomic E-state index is 0.790. The number of pyridine rings is 1. The lowest BCUT2D eigenvalue weighted by Crippen LogP contribution is -2.00. The van der Waals surface area contributed by atoms with Gasteiger partial charge < -0.3 is 4.98 Å². The fourth-order valence-electron chi connectivity index (χ4n) is 3.04. The molecule has 0 amide bonds. The number of hydrogen-bond acceptors (Lipinski definition) is 3. The van der Waals surface area contributed by atoms with Crippen molar-refractivity contribution in [1.82, 2.24) is 24.7 Å². The maximum absolute atomic E-state index is 4.57. The van der Waals surface area contributed by atoms with E-state index in [0.717, 1.165) is 35.0 Å². The van der Waals surface area contributed by atoms with E-state index in [1.165, 1.54) is 11.1 Å². The molecule has 0 spiro atoms. The second-order valence-corrected chi connectivity index (χ2v) is 6.17. The predicted octanol–water partition coefficient (Wildman–Crippen LogP) is 3.87. The molecule has 124 valence electrons. The second-order valence-electron chi connectivity index (χ2n) is 6.17. The van der Waals surface area contributed by atoms with E-state index in [2.05, 4.69) is 63.4 Å². The molecule has 0 saturated heterocycles. The summed E-state index contributed by atoms with van der Waals surface area (Å²) >= 11 is 0. The predicted molar refractivity (Wildman–Crippen MR) is 97.7 cm³/mol. The molecule has 3 aromatic heterocycles. The molecule has 1 aromatic carbocycles. The number of aromatic nitrogens is 5. The fraction of sp³-hybridized carbons (Fsp3) is 0.150. The topological polar surface area (TPSA) is 59.4 Å². The van der Waals surface area contributed by atoms with E-state index in [9.17, 15) is 0 Å². The lowest BCUT2D eigenvalue weighted by molar-refractivity contribution is 0.832. The lowest BCUT2D eigenvalue weighted by atomic mass is 10.0. The Morgan fingerprint density at radius 3 is 2.60 bits per heavy atom. The largest absolute Gasteiger partial charge is 0.343 e. The zero-order valence-electron chi connectivity index (χ0n) is 14.3. The Hall–Kier alpha value is -3.21. The summed E-state index contributed by atoms with van der Waals surface area (Å²) in [7, 11) is 0. The zero-order valence-corrected chi connectivity index (χ0v) is 14.3. The van der Waals surface area contributed by atoms with Gasteiger partial charge in [-0.3, -0.25) is 4.98 Å². The molecule has 0 aliphatic rings. The first-order chi connectivity index (χ1) is 12.2. The summed E-state index contributed by atoms with van der Waals surface area (Å²) < 4.78 is 1.99. The van der Waals surface area contributed by atoms with E-state index in [-0.39, 0.29) is 0 Å². The number of nitrogens with one attached hydrogen (secondary N) is 1. The van der Waals surface area contributed by atoms with Gasteiger partial charge in [-0.25, -0.2) is 9.67 Å². The van der Waals surface area contributed by atoms with Crippen LogP contribution in [0.1, 0.15) is 22.5 Å². The molecular formula is C20H19N5. The quantitative estimate of drug-likeness (QED) is 0.618. The SMILES string of the molecule is Cc1cc(C)n(-c2cccc(Cc3ccnc(-c4ncc[nH]4)c3)c2)n1. The first-order valence-corrected chi connectivity index (χ1v) is 8.26. The number of aromatic amines is 1. The number of hydrogen-bond donors (Lipinski definition) is 1. The molecule has 4 aromatic rings. The van der Waals surface area contributed by atoms with Crippen molar-refractivity contribution in [1.29, 1.82) is 0 Å². The average molecular weight is 329 g/mol. The van der Waals surface area contributed by atoms with Crippen molar-refractivity contribution in [3.05, 3.63) is 83.6 Å². The molecule has 0 saturated carbocycles. The van der Waals surface area contributed by atoms with Crippen molar-refractivity contribution in [3.8, 4) is 17.2 Å². The van der Waals surface area contributed by atoms with E-state index >= 15 is 0 Å². The van der Waals surface area contributed by atoms with E-state index in [4.69, 9.17) is 0 Å². The van der Waals surface area contributed by atoms with Gasteiger partial charge in [0.25, 0.3) is 0 Å². The molecule has 0 atom stereocenters. The standard InChI is InChI=1S/C20H19N5/c1-14-10-15(2)25(24-14)18-5-3-4-16(12-18)11-17-6-7-21-19(13-17)20-22-8-9-23-20/h3-10,12-13H,11H2,1-2H3,(H,22,23). The lowest BCUT2D eigenvalue weighted by Gasteiger charge is -2.08. The van der Waals surface area contributed by atoms with Crippen LogP contribution in [0.5, 0.6) is 0 Å². The molecule has 0 aliphatic carbocycles. The van der Waals surface area contributed by atoms with Crippen molar-refractivity contribution in [3.63, 3.8) is 0 Å². The van der Waals surface area contributed by atoms with Crippen molar-refractivity contribution in [2.45, 2.75) is 20.3 Å². The average Bonchev–Trinajstić information content (AvgIpc) is 3.25. The smallest absolute Gasteiger partial charge is 0.155 e. The summed E-state index contributed by atoms with van der Waals surface area (Å²) in [6.07, 6.45) is 6.21. The normalized spacial score (nSPS) is 11.0. The molecule has 0 aliphatic heterocycles. The van der Waals surface area contributed by atoms with Crippen LogP contribution in [0.25, 0.3) is 17.2 Å². The second kappa shape index (κ2) is 6.36. The molecular weight excluding hydrogens is 310 g/mol. The summed E-state index contributed by atoms with van der Waals surface area (Å²) in [5.41, 5.74) is 6.55. The Balaban J connectivity index is 1.62. The van der Waals surface area contributed by atoms with Crippen LogP contribution in [0.2, 0.25) is 0 Å². The van der Waals surface area contributed by atoms with Crippen LogP contribution in [0.15, 0.2) is 61.1 Å². The van der Waals surface area contributed by atoms with Crippen LogP contribution < -0.4 is 0 Å². The minimum absolute atomic E-state index is 0.790. The number of nitrogens with zero attached hydrogens (tertiary/aromatic N) is 4. The Bertz CT molecular complexity index is 999. The van der Waals surface area contributed by atoms with Gasteiger partial charge in [0.05, 0.1) is 11.4 Å². The maximum Gasteiger partial charge on any atom is 0.155 e. The van der Waals surface area contributed by atoms with Crippen LogP contribution in [0.4, 0.5) is 0 Å². The highest BCUT2D eigenvalue weighted by atomic mass is 15.3. The van der Waals surface area contributed by atoms with Gasteiger partial charge in [0.2, 0.25) is 0 Å². The van der Waals surface area contributed by atoms with Crippen molar-refractivity contribution in [2.24, 2.45) is 0 Å². The van der Waals surface area contributed by atoms with E-state index in [1.54, 1.807) is 6.20 Å². The minimum Gasteiger partial charge on any atom is -0.343 e. The Labute approximate surface area is 146 Å². The van der Waals surface area contributed by atoms with E-state index in [0.29, 0.717) is 0 Å². The number of rotatable bonds is 4. The van der Waals surface area contributed by atoms with Gasteiger partial charge in [-0.05, 0) is 61.7 Å². The first-order valence-electron chi connectivity index (χ1n) is 8.26. The van der Waals surface area contributed by atoms with Gasteiger partial charge in [-0.15, -0.1) is 0 Å². The Morgan fingerprint density at radius 2 is 1.84 bits per heavy atom. The van der Waals surface area contributed by atoms with Crippen molar-refractivity contribution in [2.75, 3.05) is 0 Å². The summed E-state index contributed by atoms with van der Waals surface area (Å²) in [5.74, 6) is 0.790. The van der Waals surface area contributed by atoms with Crippen LogP contribution >= 0.6 is 0 Å². The zero-order chi connectivity index (χ0) is 17.2. The number of benzene rings is 1. The Kier molecular flexibility index (Phi) is 3.90. The highest BCUT2D eigenvalue weighted by molar-refractivity contribution is 5.50. The van der Waals surface area contributed by atoms with Gasteiger partial charge in [0.15, 0.2) is 5.82 Å². The number of imidazole rings is 1. The molecule has 5 heteroatoms. The third-order valence-corrected chi connectivity index (χ3v) is 4.14. The monoisotopic (exact) mass is 329 g/mol. The third kappa shape index (κ3) is 3.21. The number of aryl methyl sites for hydroxylation is 2. The van der Waals surface area contributed by atoms with E-state index < -0.39 is 0 Å². The van der Waals surface area contributed by atoms with Gasteiger partial charge in [0, 0.05) is 24.3 Å². The fourth-order valence-corrected chi connectivity index (χ4v) is 3.04. The third-order valence-electron chi connectivity index (χ3n) is 4.14. The summed E-state index contributed by atoms with van der Waals surface area (Å²) in [6, 6.07) is 14.7. The molecule has 1 N–H and O–H groups in total. The molecule has 0 fully saturated rings. The highest BCUT2D eigenvalue weighted by Gasteiger charge is 2.07. The van der Waals surface area contributed by atoms with Gasteiger partial charge in [-0.2, -0.15) is 5.10 Å². The summed E-state index contributed by atoms with van der Waals surface area (Å²) in [6.45, 7) is 4.09. The van der Waals surface area contributed by atoms with Crippen LogP contribution in [-0.2, 0) is 6.42 Å². The van der Waals surface area contributed by atoms with Crippen molar-refractivity contribution >= 4 is 0 Å². The van der Waals surface area contributed by atoms with Gasteiger partial charge in [0.1, 0.15) is 5.69 Å². The van der Waals surface area contributed by atoms with Crippen LogP contribution in [-0.4, -0.2) is 24.7 Å². The Morgan fingerprint density at radius 1 is 0.960 bits per heavy atom. The van der Waals surface area contributed by atoms with Gasteiger partial charge in [-0.1, -0.05) is 12.1 Å². The number of H-pyrrole nitrogens is 1. The van der Waals surface area contributed by atoms with E-state index in [1.807, 2.05) is 30.1 Å². The van der Waals surface area contributed by atoms with Gasteiger partial charge >= 0.3 is 0 Å². The molecule has 0 unspecified atom stereocenters. The molecule has 0 bridgehead atoms. The molecule has 5 nitrogen and oxygen atoms in total. The summed E-state index contributed by atoms with van der Waals surface area (Å²) in [5, 5.41) is 4.57. The van der Waals surface area contributed by atoms with Crippen molar-refractivity contribution < 1.29 is 0 Å². The van der Waals surface area contributed by atoms with Crippen LogP contribution in [0, 0.1) is 13.8 Å². The molecule has 0 radical (unpaired) electrons. The molecule has 25 heavy (non-hydrogen) atoms. The highest BCUT2D eigenvalue weighted by Crippen LogP contribution is 2.18. The molecule has 3 heterocycles. The first kappa shape index (κ1) is 15.3. The van der Waals surface area contributed by atoms with Crippen LogP contribution in [0.3, 0.4) is 0 Å². The molecule has 4 rings (SSSR count).